The maximum atomic E-state index is 13.4. The molecule has 0 unspecified atom stereocenters. The summed E-state index contributed by atoms with van der Waals surface area (Å²) in [6, 6.07) is 6.05. The van der Waals surface area contributed by atoms with E-state index in [1.54, 1.807) is 11.3 Å². The summed E-state index contributed by atoms with van der Waals surface area (Å²) in [4.78, 5) is 11.7. The van der Waals surface area contributed by atoms with Gasteiger partial charge >= 0.3 is 0 Å². The molecule has 0 fully saturated rings. The highest BCUT2D eigenvalue weighted by atomic mass is 35.5. The minimum atomic E-state index is -0.483. The number of hydrogen-bond acceptors (Lipinski definition) is 2. The largest absolute Gasteiger partial charge is 0.324 e. The van der Waals surface area contributed by atoms with Crippen molar-refractivity contribution in [1.82, 2.24) is 0 Å². The van der Waals surface area contributed by atoms with Gasteiger partial charge in [0.25, 0.3) is 0 Å². The zero-order valence-electron chi connectivity index (χ0n) is 9.45. The maximum absolute atomic E-state index is 13.4. The molecule has 2 rings (SSSR count). The van der Waals surface area contributed by atoms with Crippen molar-refractivity contribution in [3.05, 3.63) is 51.4 Å². The van der Waals surface area contributed by atoms with E-state index in [2.05, 4.69) is 5.32 Å². The topological polar surface area (TPSA) is 29.1 Å². The van der Waals surface area contributed by atoms with Gasteiger partial charge in [-0.3, -0.25) is 4.79 Å². The third kappa shape index (κ3) is 3.55. The van der Waals surface area contributed by atoms with Gasteiger partial charge in [0.1, 0.15) is 5.82 Å². The first-order chi connectivity index (χ1) is 8.65. The maximum Gasteiger partial charge on any atom is 0.224 e. The number of thiophene rings is 1. The Morgan fingerprint density at radius 3 is 2.94 bits per heavy atom. The Balaban J connectivity index is 1.92. The number of halogens is 2. The van der Waals surface area contributed by atoms with E-state index in [4.69, 9.17) is 11.6 Å². The molecule has 0 aliphatic heterocycles. The zero-order chi connectivity index (χ0) is 13.0. The van der Waals surface area contributed by atoms with Gasteiger partial charge in [0.05, 0.1) is 5.69 Å². The average molecular weight is 284 g/mol. The van der Waals surface area contributed by atoms with E-state index in [9.17, 15) is 9.18 Å². The SMILES string of the molecule is O=C(CCc1ccsc1)Nc1cc(Cl)ccc1F. The molecule has 1 N–H and O–H groups in total. The van der Waals surface area contributed by atoms with Crippen molar-refractivity contribution in [2.75, 3.05) is 5.32 Å². The van der Waals surface area contributed by atoms with Crippen molar-refractivity contribution in [2.24, 2.45) is 0 Å². The van der Waals surface area contributed by atoms with Crippen molar-refractivity contribution in [3.63, 3.8) is 0 Å². The smallest absolute Gasteiger partial charge is 0.224 e. The fraction of sp³-hybridized carbons (Fsp3) is 0.154. The lowest BCUT2D eigenvalue weighted by Crippen LogP contribution is -2.13. The number of rotatable bonds is 4. The summed E-state index contributed by atoms with van der Waals surface area (Å²) in [6.07, 6.45) is 0.972. The third-order valence-corrected chi connectivity index (χ3v) is 3.39. The zero-order valence-corrected chi connectivity index (χ0v) is 11.0. The first-order valence-electron chi connectivity index (χ1n) is 5.41. The molecule has 5 heteroatoms. The van der Waals surface area contributed by atoms with Gasteiger partial charge in [0, 0.05) is 11.4 Å². The van der Waals surface area contributed by atoms with Crippen LogP contribution < -0.4 is 5.32 Å². The van der Waals surface area contributed by atoms with Crippen LogP contribution in [0.2, 0.25) is 5.02 Å². The summed E-state index contributed by atoms with van der Waals surface area (Å²) in [5, 5.41) is 6.87. The van der Waals surface area contributed by atoms with Gasteiger partial charge in [-0.1, -0.05) is 11.6 Å². The molecule has 0 bridgehead atoms. The summed E-state index contributed by atoms with van der Waals surface area (Å²) in [5.41, 5.74) is 1.24. The summed E-state index contributed by atoms with van der Waals surface area (Å²) >= 11 is 7.33. The van der Waals surface area contributed by atoms with Crippen molar-refractivity contribution in [3.8, 4) is 0 Å². The van der Waals surface area contributed by atoms with Gasteiger partial charge in [0.2, 0.25) is 5.91 Å². The van der Waals surface area contributed by atoms with Crippen LogP contribution in [0.3, 0.4) is 0 Å². The average Bonchev–Trinajstić information content (AvgIpc) is 2.84. The molecule has 0 saturated carbocycles. The number of hydrogen-bond donors (Lipinski definition) is 1. The van der Waals surface area contributed by atoms with E-state index >= 15 is 0 Å². The van der Waals surface area contributed by atoms with Crippen LogP contribution in [-0.2, 0) is 11.2 Å². The first kappa shape index (κ1) is 13.1. The molecule has 0 atom stereocenters. The summed E-state index contributed by atoms with van der Waals surface area (Å²) in [7, 11) is 0. The number of benzene rings is 1. The highest BCUT2D eigenvalue weighted by molar-refractivity contribution is 7.07. The Bertz CT molecular complexity index is 542. The molecule has 0 radical (unpaired) electrons. The molecule has 2 aromatic rings. The lowest BCUT2D eigenvalue weighted by atomic mass is 10.2. The van der Waals surface area contributed by atoms with Gasteiger partial charge < -0.3 is 5.32 Å². The van der Waals surface area contributed by atoms with Crippen LogP contribution in [0.1, 0.15) is 12.0 Å². The van der Waals surface area contributed by atoms with Crippen molar-refractivity contribution in [1.29, 1.82) is 0 Å². The first-order valence-corrected chi connectivity index (χ1v) is 6.73. The Morgan fingerprint density at radius 1 is 1.39 bits per heavy atom. The molecular weight excluding hydrogens is 273 g/mol. The number of amides is 1. The van der Waals surface area contributed by atoms with Crippen LogP contribution in [0.4, 0.5) is 10.1 Å². The molecule has 0 aliphatic carbocycles. The number of carbonyl (C=O) groups is 1. The number of carbonyl (C=O) groups excluding carboxylic acids is 1. The van der Waals surface area contributed by atoms with E-state index < -0.39 is 5.82 Å². The van der Waals surface area contributed by atoms with E-state index in [1.807, 2.05) is 16.8 Å². The molecule has 1 aromatic carbocycles. The summed E-state index contributed by atoms with van der Waals surface area (Å²) in [5.74, 6) is -0.703. The van der Waals surface area contributed by atoms with Crippen LogP contribution >= 0.6 is 22.9 Å². The van der Waals surface area contributed by atoms with Gasteiger partial charge in [-0.15, -0.1) is 0 Å². The Labute approximate surface area is 113 Å². The Kier molecular flexibility index (Phi) is 4.33. The lowest BCUT2D eigenvalue weighted by molar-refractivity contribution is -0.116. The van der Waals surface area contributed by atoms with Gasteiger partial charge in [-0.05, 0) is 47.0 Å². The van der Waals surface area contributed by atoms with Crippen LogP contribution in [0.15, 0.2) is 35.0 Å². The fourth-order valence-corrected chi connectivity index (χ4v) is 2.37. The number of anilines is 1. The van der Waals surface area contributed by atoms with Crippen LogP contribution in [0, 0.1) is 5.82 Å². The minimum absolute atomic E-state index is 0.123. The summed E-state index contributed by atoms with van der Waals surface area (Å²) < 4.78 is 13.4. The van der Waals surface area contributed by atoms with E-state index in [0.717, 1.165) is 5.56 Å². The summed E-state index contributed by atoms with van der Waals surface area (Å²) in [6.45, 7) is 0. The third-order valence-electron chi connectivity index (χ3n) is 2.42. The molecule has 0 spiro atoms. The van der Waals surface area contributed by atoms with Crippen molar-refractivity contribution < 1.29 is 9.18 Å². The van der Waals surface area contributed by atoms with E-state index in [-0.39, 0.29) is 11.6 Å². The molecule has 18 heavy (non-hydrogen) atoms. The predicted molar refractivity (Wildman–Crippen MR) is 72.7 cm³/mol. The second-order valence-corrected chi connectivity index (χ2v) is 5.02. The second-order valence-electron chi connectivity index (χ2n) is 3.80. The molecular formula is C13H11ClFNOS. The van der Waals surface area contributed by atoms with E-state index in [1.165, 1.54) is 18.2 Å². The number of nitrogens with one attached hydrogen (secondary N) is 1. The quantitative estimate of drug-likeness (QED) is 0.899. The van der Waals surface area contributed by atoms with Gasteiger partial charge in [-0.2, -0.15) is 11.3 Å². The number of aryl methyl sites for hydroxylation is 1. The molecule has 0 aliphatic rings. The van der Waals surface area contributed by atoms with Crippen LogP contribution in [-0.4, -0.2) is 5.91 Å². The Morgan fingerprint density at radius 2 is 2.22 bits per heavy atom. The minimum Gasteiger partial charge on any atom is -0.324 e. The molecule has 94 valence electrons. The fourth-order valence-electron chi connectivity index (χ4n) is 1.50. The highest BCUT2D eigenvalue weighted by Gasteiger charge is 2.08. The molecule has 1 aromatic heterocycles. The molecule has 0 saturated heterocycles. The Hall–Kier alpha value is -1.39. The molecule has 1 amide bonds. The monoisotopic (exact) mass is 283 g/mol. The highest BCUT2D eigenvalue weighted by Crippen LogP contribution is 2.20. The van der Waals surface area contributed by atoms with Crippen LogP contribution in [0.5, 0.6) is 0 Å². The van der Waals surface area contributed by atoms with Crippen molar-refractivity contribution in [2.45, 2.75) is 12.8 Å². The molecule has 2 nitrogen and oxygen atoms in total. The normalized spacial score (nSPS) is 10.3. The standard InChI is InChI=1S/C13H11ClFNOS/c14-10-2-3-11(15)12(7-10)16-13(17)4-1-9-5-6-18-8-9/h2-3,5-8H,1,4H2,(H,16,17). The lowest BCUT2D eigenvalue weighted by Gasteiger charge is -2.06. The van der Waals surface area contributed by atoms with E-state index in [0.29, 0.717) is 17.9 Å². The predicted octanol–water partition coefficient (Wildman–Crippen LogP) is 4.11. The second kappa shape index (κ2) is 5.98. The van der Waals surface area contributed by atoms with Gasteiger partial charge in [0.15, 0.2) is 0 Å². The molecule has 1 heterocycles. The van der Waals surface area contributed by atoms with Gasteiger partial charge in [-0.25, -0.2) is 4.39 Å². The van der Waals surface area contributed by atoms with Crippen molar-refractivity contribution >= 4 is 34.5 Å². The van der Waals surface area contributed by atoms with Crippen LogP contribution in [0.25, 0.3) is 0 Å².